The molecule has 0 bridgehead atoms. The van der Waals surface area contributed by atoms with Crippen LogP contribution in [0, 0.1) is 0 Å². The third-order valence-electron chi connectivity index (χ3n) is 4.13. The molecule has 1 aliphatic rings. The Labute approximate surface area is 147 Å². The number of pyridine rings is 1. The van der Waals surface area contributed by atoms with E-state index >= 15 is 0 Å². The lowest BCUT2D eigenvalue weighted by molar-refractivity contribution is 0.0787. The van der Waals surface area contributed by atoms with Crippen LogP contribution in [0.4, 0.5) is 5.69 Å². The van der Waals surface area contributed by atoms with Crippen LogP contribution in [0.1, 0.15) is 23.3 Å². The zero-order valence-electron chi connectivity index (χ0n) is 14.4. The second-order valence-corrected chi connectivity index (χ2v) is 5.88. The first kappa shape index (κ1) is 17.1. The molecule has 3 rings (SSSR count). The molecule has 1 aromatic heterocycles. The minimum absolute atomic E-state index is 0.00985. The van der Waals surface area contributed by atoms with Crippen molar-refractivity contribution in [3.63, 3.8) is 0 Å². The third-order valence-corrected chi connectivity index (χ3v) is 4.13. The zero-order chi connectivity index (χ0) is 17.5. The van der Waals surface area contributed by atoms with Gasteiger partial charge in [0, 0.05) is 31.5 Å². The van der Waals surface area contributed by atoms with Gasteiger partial charge in [0.1, 0.15) is 23.8 Å². The monoisotopic (exact) mass is 341 g/mol. The molecule has 132 valence electrons. The topological polar surface area (TPSA) is 63.7 Å². The molecule has 0 unspecified atom stereocenters. The molecule has 1 N–H and O–H groups in total. The van der Waals surface area contributed by atoms with Crippen molar-refractivity contribution in [3.05, 3.63) is 48.3 Å². The summed E-state index contributed by atoms with van der Waals surface area (Å²) in [6, 6.07) is 11.1. The van der Waals surface area contributed by atoms with Crippen molar-refractivity contribution >= 4 is 11.6 Å². The summed E-state index contributed by atoms with van der Waals surface area (Å²) < 4.78 is 10.8. The third kappa shape index (κ3) is 4.62. The van der Waals surface area contributed by atoms with Gasteiger partial charge in [0.15, 0.2) is 0 Å². The number of ether oxygens (including phenoxy) is 2. The Bertz CT molecular complexity index is 697. The molecular weight excluding hydrogens is 318 g/mol. The number of benzene rings is 1. The maximum absolute atomic E-state index is 12.4. The molecule has 2 aromatic rings. The number of rotatable bonds is 7. The highest BCUT2D eigenvalue weighted by molar-refractivity contribution is 5.93. The van der Waals surface area contributed by atoms with Gasteiger partial charge in [-0.25, -0.2) is 0 Å². The second kappa shape index (κ2) is 8.37. The number of likely N-dealkylation sites (tertiary alicyclic amines) is 1. The zero-order valence-corrected chi connectivity index (χ0v) is 14.4. The molecule has 0 atom stereocenters. The summed E-state index contributed by atoms with van der Waals surface area (Å²) in [5, 5.41) is 3.26. The first-order valence-corrected chi connectivity index (χ1v) is 8.52. The van der Waals surface area contributed by atoms with Gasteiger partial charge in [-0.15, -0.1) is 0 Å². The minimum atomic E-state index is 0.00985. The van der Waals surface area contributed by atoms with Crippen molar-refractivity contribution in [1.82, 2.24) is 9.88 Å². The van der Waals surface area contributed by atoms with Gasteiger partial charge in [0.05, 0.1) is 7.11 Å². The van der Waals surface area contributed by atoms with E-state index in [1.807, 2.05) is 35.2 Å². The van der Waals surface area contributed by atoms with Crippen molar-refractivity contribution in [1.29, 1.82) is 0 Å². The molecule has 0 radical (unpaired) electrons. The normalized spacial score (nSPS) is 13.6. The number of nitrogens with zero attached hydrogens (tertiary/aromatic N) is 2. The largest absolute Gasteiger partial charge is 0.497 e. The number of anilines is 1. The average molecular weight is 341 g/mol. The summed E-state index contributed by atoms with van der Waals surface area (Å²) >= 11 is 0. The van der Waals surface area contributed by atoms with Crippen LogP contribution in [-0.2, 0) is 0 Å². The number of carbonyl (C=O) groups is 1. The fraction of sp³-hybridized carbons (Fsp3) is 0.368. The Hall–Kier alpha value is -2.76. The predicted octanol–water partition coefficient (Wildman–Crippen LogP) is 2.82. The minimum Gasteiger partial charge on any atom is -0.497 e. The average Bonchev–Trinajstić information content (AvgIpc) is 3.20. The van der Waals surface area contributed by atoms with E-state index in [0.29, 0.717) is 18.8 Å². The molecule has 1 amide bonds. The lowest BCUT2D eigenvalue weighted by atomic mass is 10.3. The van der Waals surface area contributed by atoms with Crippen molar-refractivity contribution < 1.29 is 14.3 Å². The lowest BCUT2D eigenvalue weighted by Gasteiger charge is -2.15. The molecule has 6 heteroatoms. The maximum Gasteiger partial charge on any atom is 0.272 e. The summed E-state index contributed by atoms with van der Waals surface area (Å²) in [7, 11) is 1.64. The number of amides is 1. The molecule has 25 heavy (non-hydrogen) atoms. The van der Waals surface area contributed by atoms with E-state index in [9.17, 15) is 4.79 Å². The molecule has 6 nitrogen and oxygen atoms in total. The molecular formula is C19H23N3O3. The van der Waals surface area contributed by atoms with Crippen LogP contribution in [0.3, 0.4) is 0 Å². The first-order chi connectivity index (χ1) is 12.3. The number of aromatic nitrogens is 1. The molecule has 1 saturated heterocycles. The van der Waals surface area contributed by atoms with Crippen LogP contribution in [0.25, 0.3) is 0 Å². The Morgan fingerprint density at radius 2 is 1.88 bits per heavy atom. The number of methoxy groups -OCH3 is 1. The summed E-state index contributed by atoms with van der Waals surface area (Å²) in [6.07, 6.45) is 3.81. The van der Waals surface area contributed by atoms with Crippen molar-refractivity contribution in [3.8, 4) is 11.5 Å². The van der Waals surface area contributed by atoms with Gasteiger partial charge in [-0.05, 0) is 49.2 Å². The number of hydrogen-bond donors (Lipinski definition) is 1. The second-order valence-electron chi connectivity index (χ2n) is 5.88. The van der Waals surface area contributed by atoms with E-state index in [4.69, 9.17) is 9.47 Å². The standard InChI is InChI=1S/C19H23N3O3/c1-24-16-4-6-17(7-5-16)25-13-10-20-15-8-9-21-18(14-15)19(23)22-11-2-3-12-22/h4-9,14H,2-3,10-13H2,1H3,(H,20,21). The number of hydrogen-bond acceptors (Lipinski definition) is 5. The van der Waals surface area contributed by atoms with Crippen LogP contribution >= 0.6 is 0 Å². The molecule has 2 heterocycles. The summed E-state index contributed by atoms with van der Waals surface area (Å²) in [6.45, 7) is 2.80. The highest BCUT2D eigenvalue weighted by Crippen LogP contribution is 2.17. The van der Waals surface area contributed by atoms with E-state index in [0.717, 1.165) is 43.1 Å². The SMILES string of the molecule is COc1ccc(OCCNc2ccnc(C(=O)N3CCCC3)c2)cc1. The number of nitrogens with one attached hydrogen (secondary N) is 1. The van der Waals surface area contributed by atoms with Gasteiger partial charge in [0.2, 0.25) is 0 Å². The van der Waals surface area contributed by atoms with Gasteiger partial charge in [-0.3, -0.25) is 9.78 Å². The summed E-state index contributed by atoms with van der Waals surface area (Å²) in [4.78, 5) is 18.4. The number of carbonyl (C=O) groups excluding carboxylic acids is 1. The maximum atomic E-state index is 12.4. The van der Waals surface area contributed by atoms with Gasteiger partial charge in [0.25, 0.3) is 5.91 Å². The van der Waals surface area contributed by atoms with E-state index in [2.05, 4.69) is 10.3 Å². The molecule has 1 fully saturated rings. The van der Waals surface area contributed by atoms with Crippen LogP contribution in [0.15, 0.2) is 42.6 Å². The van der Waals surface area contributed by atoms with Crippen molar-refractivity contribution in [2.45, 2.75) is 12.8 Å². The first-order valence-electron chi connectivity index (χ1n) is 8.52. The van der Waals surface area contributed by atoms with E-state index in [1.165, 1.54) is 0 Å². The highest BCUT2D eigenvalue weighted by Gasteiger charge is 2.20. The van der Waals surface area contributed by atoms with Crippen molar-refractivity contribution in [2.24, 2.45) is 0 Å². The van der Waals surface area contributed by atoms with Crippen LogP contribution in [0.2, 0.25) is 0 Å². The fourth-order valence-electron chi connectivity index (χ4n) is 2.78. The summed E-state index contributed by atoms with van der Waals surface area (Å²) in [5.41, 5.74) is 1.36. The van der Waals surface area contributed by atoms with Gasteiger partial charge >= 0.3 is 0 Å². The van der Waals surface area contributed by atoms with Gasteiger partial charge in [-0.1, -0.05) is 0 Å². The Kier molecular flexibility index (Phi) is 5.72. The lowest BCUT2D eigenvalue weighted by Crippen LogP contribution is -2.28. The fourth-order valence-corrected chi connectivity index (χ4v) is 2.78. The predicted molar refractivity (Wildman–Crippen MR) is 96.4 cm³/mol. The van der Waals surface area contributed by atoms with Crippen LogP contribution in [-0.4, -0.2) is 49.1 Å². The molecule has 0 spiro atoms. The van der Waals surface area contributed by atoms with Crippen LogP contribution in [0.5, 0.6) is 11.5 Å². The highest BCUT2D eigenvalue weighted by atomic mass is 16.5. The summed E-state index contributed by atoms with van der Waals surface area (Å²) in [5.74, 6) is 1.61. The van der Waals surface area contributed by atoms with E-state index < -0.39 is 0 Å². The van der Waals surface area contributed by atoms with E-state index in [1.54, 1.807) is 19.4 Å². The Morgan fingerprint density at radius 1 is 1.16 bits per heavy atom. The molecule has 1 aliphatic heterocycles. The molecule has 0 saturated carbocycles. The quantitative estimate of drug-likeness (QED) is 0.785. The van der Waals surface area contributed by atoms with E-state index in [-0.39, 0.29) is 5.91 Å². The van der Waals surface area contributed by atoms with Crippen LogP contribution < -0.4 is 14.8 Å². The smallest absolute Gasteiger partial charge is 0.272 e. The van der Waals surface area contributed by atoms with Gasteiger partial charge < -0.3 is 19.7 Å². The Morgan fingerprint density at radius 3 is 2.60 bits per heavy atom. The Balaban J connectivity index is 1.47. The van der Waals surface area contributed by atoms with Crippen molar-refractivity contribution in [2.75, 3.05) is 38.7 Å². The van der Waals surface area contributed by atoms with Gasteiger partial charge in [-0.2, -0.15) is 0 Å². The molecule has 1 aromatic carbocycles. The molecule has 0 aliphatic carbocycles.